The van der Waals surface area contributed by atoms with Crippen LogP contribution in [0, 0.1) is 36.5 Å². The van der Waals surface area contributed by atoms with Gasteiger partial charge in [-0.15, -0.1) is 0 Å². The highest BCUT2D eigenvalue weighted by Gasteiger charge is 2.51. The minimum Gasteiger partial charge on any atom is -0.507 e. The second-order valence-corrected chi connectivity index (χ2v) is 19.2. The average molecular weight is 895 g/mol. The number of benzene rings is 2. The number of hydrogen-bond acceptors (Lipinski definition) is 14. The Kier molecular flexibility index (Phi) is 12.0. The van der Waals surface area contributed by atoms with Gasteiger partial charge < -0.3 is 44.1 Å². The summed E-state index contributed by atoms with van der Waals surface area (Å²) in [4.78, 5) is 59.2. The van der Waals surface area contributed by atoms with E-state index in [0.29, 0.717) is 18.4 Å². The minimum absolute atomic E-state index is 0.0116. The van der Waals surface area contributed by atoms with Crippen LogP contribution in [0.15, 0.2) is 64.8 Å². The number of piperidine rings is 1. The molecule has 2 saturated heterocycles. The van der Waals surface area contributed by atoms with Crippen LogP contribution in [0.1, 0.15) is 98.0 Å². The highest BCUT2D eigenvalue weighted by molar-refractivity contribution is 6.19. The summed E-state index contributed by atoms with van der Waals surface area (Å²) in [6, 6.07) is 0. The van der Waals surface area contributed by atoms with Gasteiger partial charge in [-0.25, -0.2) is 14.3 Å². The molecule has 0 radical (unpaired) electrons. The molecule has 0 aliphatic carbocycles. The lowest BCUT2D eigenvalue weighted by Crippen LogP contribution is -2.56. The number of carbonyl (C=O) groups is 3. The van der Waals surface area contributed by atoms with Crippen LogP contribution in [0.3, 0.4) is 0 Å². The predicted octanol–water partition coefficient (Wildman–Crippen LogP) is 6.85. The summed E-state index contributed by atoms with van der Waals surface area (Å²) in [7, 11) is 0. The van der Waals surface area contributed by atoms with E-state index in [-0.39, 0.29) is 85.5 Å². The number of aromatic hydroxyl groups is 2. The smallest absolute Gasteiger partial charge is 0.419 e. The molecule has 3 aromatic rings. The zero-order valence-electron chi connectivity index (χ0n) is 39.2. The molecule has 16 heteroatoms. The van der Waals surface area contributed by atoms with Crippen molar-refractivity contribution < 1.29 is 48.3 Å². The van der Waals surface area contributed by atoms with Crippen molar-refractivity contribution in [2.75, 3.05) is 25.0 Å². The van der Waals surface area contributed by atoms with Crippen molar-refractivity contribution in [3.05, 3.63) is 76.7 Å². The molecule has 7 bridgehead atoms. The number of anilines is 1. The first-order chi connectivity index (χ1) is 30.7. The molecule has 2 aromatic carbocycles. The Morgan fingerprint density at radius 2 is 1.60 bits per heavy atom. The van der Waals surface area contributed by atoms with Gasteiger partial charge in [0.05, 0.1) is 34.8 Å². The van der Waals surface area contributed by atoms with Gasteiger partial charge in [-0.05, 0) is 52.2 Å². The topological polar surface area (TPSA) is 196 Å². The summed E-state index contributed by atoms with van der Waals surface area (Å²) in [6.45, 7) is 23.0. The Labute approximate surface area is 379 Å². The number of likely N-dealkylation sites (tertiary alicyclic amines) is 1. The van der Waals surface area contributed by atoms with E-state index in [4.69, 9.17) is 33.7 Å². The third-order valence-electron chi connectivity index (χ3n) is 14.3. The fraction of sp³-hybridized carbons (Fsp3) is 0.551. The summed E-state index contributed by atoms with van der Waals surface area (Å²) in [5.74, 6) is -5.91. The Balaban J connectivity index is 1.27. The molecule has 0 saturated carbocycles. The number of amides is 1. The molecule has 0 unspecified atom stereocenters. The number of rotatable bonds is 2. The fourth-order valence-corrected chi connectivity index (χ4v) is 10.1. The summed E-state index contributed by atoms with van der Waals surface area (Å²) >= 11 is 0. The van der Waals surface area contributed by atoms with Gasteiger partial charge in [0.15, 0.2) is 17.2 Å². The third-order valence-corrected chi connectivity index (χ3v) is 14.3. The fourth-order valence-electron chi connectivity index (χ4n) is 10.1. The normalized spacial score (nSPS) is 32.9. The number of aromatic nitrogens is 2. The molecule has 3 N–H and O–H groups in total. The Hall–Kier alpha value is -5.58. The van der Waals surface area contributed by atoms with Crippen LogP contribution >= 0.6 is 0 Å². The lowest BCUT2D eigenvalue weighted by molar-refractivity contribution is -0.336. The van der Waals surface area contributed by atoms with Crippen LogP contribution in [0.25, 0.3) is 10.8 Å². The molecule has 65 heavy (non-hydrogen) atoms. The van der Waals surface area contributed by atoms with E-state index in [1.807, 2.05) is 53.7 Å². The highest BCUT2D eigenvalue weighted by Crippen LogP contribution is 2.50. The van der Waals surface area contributed by atoms with E-state index in [1.165, 1.54) is 36.5 Å². The second-order valence-electron chi connectivity index (χ2n) is 19.2. The maximum absolute atomic E-state index is 14.8. The lowest BCUT2D eigenvalue weighted by Gasteiger charge is -2.50. The quantitative estimate of drug-likeness (QED) is 0.227. The number of ether oxygens (including phenoxy) is 5. The molecular weight excluding hydrogens is 833 g/mol. The molecule has 1 aromatic heterocycles. The van der Waals surface area contributed by atoms with Crippen LogP contribution in [-0.2, 0) is 23.7 Å². The maximum atomic E-state index is 14.8. The molecule has 9 rings (SSSR count). The zero-order valence-corrected chi connectivity index (χ0v) is 39.2. The number of phenolic OH excluding ortho intramolecular Hbond substituents is 2. The largest absolute Gasteiger partial charge is 0.507 e. The molecule has 348 valence electrons. The predicted molar refractivity (Wildman–Crippen MR) is 241 cm³/mol. The molecular formula is C49H62N6O10. The summed E-state index contributed by atoms with van der Waals surface area (Å²) in [5.41, 5.74) is -0.335. The Morgan fingerprint density at radius 1 is 0.908 bits per heavy atom. The number of ketones is 1. The molecule has 9 atom stereocenters. The van der Waals surface area contributed by atoms with Crippen LogP contribution < -0.4 is 20.8 Å². The van der Waals surface area contributed by atoms with Crippen molar-refractivity contribution in [3.8, 4) is 17.2 Å². The van der Waals surface area contributed by atoms with E-state index in [0.717, 1.165) is 19.6 Å². The maximum Gasteiger partial charge on any atom is 0.419 e. The average Bonchev–Trinajstić information content (AvgIpc) is 4.00. The summed E-state index contributed by atoms with van der Waals surface area (Å²) < 4.78 is 33.5. The van der Waals surface area contributed by atoms with Gasteiger partial charge in [-0.1, -0.05) is 59.8 Å². The third kappa shape index (κ3) is 8.11. The van der Waals surface area contributed by atoms with E-state index in [2.05, 4.69) is 29.0 Å². The number of allylic oxidation sites excluding steroid dienone is 3. The number of nitrogens with zero attached hydrogens (tertiary/aromatic N) is 5. The SMILES string of the molecule is CCN1CCC2(CC1)N=c1c3c(O)c4c(O)c(C)c5c(c4c1=N2)C(=O)[C@@](C)(O/C=C/[C@H](C)[C@@H](C)[C@@H](OC(=O)n1ccnc1)[C@H](C)[C@@H]1OC(C)(C)O[C@H]([C@H]1C)[C@@H](C)/C=C/C=C(/C)C(=O)N3)O5. The van der Waals surface area contributed by atoms with E-state index in [9.17, 15) is 24.6 Å². The van der Waals surface area contributed by atoms with Gasteiger partial charge in [0.2, 0.25) is 0 Å². The Morgan fingerprint density at radius 3 is 2.28 bits per heavy atom. The highest BCUT2D eigenvalue weighted by atomic mass is 16.7. The van der Waals surface area contributed by atoms with Gasteiger partial charge in [-0.3, -0.25) is 19.6 Å². The Bertz CT molecular complexity index is 2630. The number of imidazole rings is 1. The van der Waals surface area contributed by atoms with Crippen molar-refractivity contribution in [2.45, 2.75) is 125 Å². The van der Waals surface area contributed by atoms with Crippen LogP contribution in [0.5, 0.6) is 17.2 Å². The molecule has 1 spiro atoms. The molecule has 16 nitrogen and oxygen atoms in total. The van der Waals surface area contributed by atoms with Crippen molar-refractivity contribution in [1.29, 1.82) is 0 Å². The van der Waals surface area contributed by atoms with Crippen LogP contribution in [0.4, 0.5) is 10.5 Å². The second kappa shape index (κ2) is 17.0. The monoisotopic (exact) mass is 894 g/mol. The molecule has 6 aliphatic heterocycles. The van der Waals surface area contributed by atoms with Crippen LogP contribution in [-0.4, -0.2) is 97.6 Å². The summed E-state index contributed by atoms with van der Waals surface area (Å²) in [6.07, 6.45) is 12.2. The first kappa shape index (κ1) is 46.0. The number of carbonyl (C=O) groups excluding carboxylic acids is 3. The van der Waals surface area contributed by atoms with Gasteiger partial charge >= 0.3 is 11.9 Å². The lowest BCUT2D eigenvalue weighted by atomic mass is 9.76. The first-order valence-corrected chi connectivity index (χ1v) is 22.7. The molecule has 6 aliphatic rings. The number of nitrogens with one attached hydrogen (secondary N) is 1. The zero-order chi connectivity index (χ0) is 46.9. The number of Topliss-reactive ketones (excluding diaryl/α,β-unsaturated/α-hetero) is 1. The minimum atomic E-state index is -1.89. The van der Waals surface area contributed by atoms with E-state index >= 15 is 0 Å². The van der Waals surface area contributed by atoms with Crippen LogP contribution in [0.2, 0.25) is 0 Å². The van der Waals surface area contributed by atoms with Crippen molar-refractivity contribution in [2.24, 2.45) is 39.6 Å². The number of fused-ring (bicyclic) bond motifs is 9. The molecule has 1 amide bonds. The van der Waals surface area contributed by atoms with Crippen molar-refractivity contribution >= 4 is 34.2 Å². The van der Waals surface area contributed by atoms with Crippen molar-refractivity contribution in [3.63, 3.8) is 0 Å². The van der Waals surface area contributed by atoms with Gasteiger partial charge in [-0.2, -0.15) is 0 Å². The molecule has 7 heterocycles. The number of phenols is 2. The standard InChI is InChI=1S/C49H62N6O10/c1-12-54-20-17-49(18-21-54)52-35-32-33-38(56)29(6)43-34(32)44(58)48(11,65-43)61-23-16-25(2)28(5)41(62-46(60)55-22-19-50-24-55)31(8)42-30(7)40(63-47(9,10)64-42)26(3)14-13-15-27(4)45(59)51-37(39(33)57)36(35)53-49/h13-16,19,22-26,28,30-31,40-42,56-57H,12,17-18,20-21H2,1-11H3,(H,51,59)/b14-13+,23-16+,27-15-/t25-,26-,28+,30+,31-,40-,41+,42+,48-/m0/s1. The summed E-state index contributed by atoms with van der Waals surface area (Å²) in [5, 5.41) is 27.6. The van der Waals surface area contributed by atoms with E-state index < -0.39 is 53.0 Å². The van der Waals surface area contributed by atoms with E-state index in [1.54, 1.807) is 26.0 Å². The molecule has 2 fully saturated rings. The van der Waals surface area contributed by atoms with Crippen molar-refractivity contribution in [1.82, 2.24) is 14.5 Å². The van der Waals surface area contributed by atoms with Gasteiger partial charge in [0.1, 0.15) is 35.0 Å². The first-order valence-electron chi connectivity index (χ1n) is 22.7. The van der Waals surface area contributed by atoms with Gasteiger partial charge in [0, 0.05) is 79.5 Å². The van der Waals surface area contributed by atoms with Gasteiger partial charge in [0.25, 0.3) is 11.7 Å². The number of hydrogen-bond donors (Lipinski definition) is 3.